The number of tetrazole rings is 1. The molecule has 3 aliphatic rings. The fourth-order valence-electron chi connectivity index (χ4n) is 4.65. The van der Waals surface area contributed by atoms with Gasteiger partial charge in [0.25, 0.3) is 5.95 Å². The lowest BCUT2D eigenvalue weighted by atomic mass is 9.78. The SMILES string of the molecule is C[C@@H](NC(=O)Cn1nnc(N)n1)[C@H]1C(=O)N2C=C(S[C@@H]3CN[C@H](C(=O)N(C)C)C3)[C@H](C)[C@H]12. The maximum atomic E-state index is 12.8. The van der Waals surface area contributed by atoms with Crippen molar-refractivity contribution in [2.24, 2.45) is 11.8 Å². The first-order valence-corrected chi connectivity index (χ1v) is 11.5. The molecule has 0 saturated carbocycles. The molecule has 2 saturated heterocycles. The van der Waals surface area contributed by atoms with Crippen LogP contribution >= 0.6 is 11.8 Å². The van der Waals surface area contributed by atoms with Crippen LogP contribution in [0.25, 0.3) is 0 Å². The molecule has 1 aromatic rings. The van der Waals surface area contributed by atoms with Crippen LogP contribution in [0.4, 0.5) is 5.95 Å². The van der Waals surface area contributed by atoms with Crippen molar-refractivity contribution in [3.05, 3.63) is 11.1 Å². The van der Waals surface area contributed by atoms with Crippen molar-refractivity contribution in [2.45, 2.75) is 50.2 Å². The Morgan fingerprint density at radius 3 is 2.84 bits per heavy atom. The molecular formula is C19H29N9O3S. The van der Waals surface area contributed by atoms with Gasteiger partial charge in [0.15, 0.2) is 0 Å². The fourth-order valence-corrected chi connectivity index (χ4v) is 6.04. The van der Waals surface area contributed by atoms with Gasteiger partial charge < -0.3 is 26.2 Å². The number of β-lactam (4-membered cyclic amide) rings is 1. The smallest absolute Gasteiger partial charge is 0.260 e. The van der Waals surface area contributed by atoms with Crippen molar-refractivity contribution in [2.75, 3.05) is 26.4 Å². The number of carbonyl (C=O) groups excluding carboxylic acids is 3. The highest BCUT2D eigenvalue weighted by molar-refractivity contribution is 8.03. The summed E-state index contributed by atoms with van der Waals surface area (Å²) < 4.78 is 0. The van der Waals surface area contributed by atoms with E-state index in [9.17, 15) is 14.4 Å². The minimum Gasteiger partial charge on any atom is -0.365 e. The Balaban J connectivity index is 1.31. The predicted octanol–water partition coefficient (Wildman–Crippen LogP) is -1.37. The Kier molecular flexibility index (Phi) is 6.12. The minimum absolute atomic E-state index is 0.00130. The van der Waals surface area contributed by atoms with E-state index in [0.717, 1.165) is 22.7 Å². The summed E-state index contributed by atoms with van der Waals surface area (Å²) in [4.78, 5) is 43.0. The van der Waals surface area contributed by atoms with Gasteiger partial charge in [-0.2, -0.15) is 4.80 Å². The number of likely N-dealkylation sites (N-methyl/N-ethyl adjacent to an activating group) is 1. The molecule has 0 aromatic carbocycles. The molecule has 1 aromatic heterocycles. The minimum atomic E-state index is -0.326. The average Bonchev–Trinajstić information content (AvgIpc) is 3.41. The monoisotopic (exact) mass is 463 g/mol. The molecule has 0 unspecified atom stereocenters. The third-order valence-electron chi connectivity index (χ3n) is 6.27. The van der Waals surface area contributed by atoms with Gasteiger partial charge in [0, 0.05) is 49.0 Å². The van der Waals surface area contributed by atoms with E-state index in [1.807, 2.05) is 13.1 Å². The number of thioether (sulfide) groups is 1. The maximum Gasteiger partial charge on any atom is 0.260 e. The Bertz CT molecular complexity index is 948. The Labute approximate surface area is 190 Å². The van der Waals surface area contributed by atoms with Gasteiger partial charge in [-0.3, -0.25) is 14.4 Å². The van der Waals surface area contributed by atoms with Crippen molar-refractivity contribution in [1.82, 2.24) is 40.6 Å². The van der Waals surface area contributed by atoms with Crippen LogP contribution < -0.4 is 16.4 Å². The van der Waals surface area contributed by atoms with Crippen molar-refractivity contribution < 1.29 is 14.4 Å². The van der Waals surface area contributed by atoms with Gasteiger partial charge in [0.05, 0.1) is 18.0 Å². The van der Waals surface area contributed by atoms with Gasteiger partial charge in [-0.1, -0.05) is 12.0 Å². The van der Waals surface area contributed by atoms with Crippen LogP contribution in [0.3, 0.4) is 0 Å². The maximum absolute atomic E-state index is 12.8. The highest BCUT2D eigenvalue weighted by Crippen LogP contribution is 2.48. The lowest BCUT2D eigenvalue weighted by molar-refractivity contribution is -0.153. The van der Waals surface area contributed by atoms with E-state index < -0.39 is 0 Å². The summed E-state index contributed by atoms with van der Waals surface area (Å²) in [5.41, 5.74) is 5.42. The molecule has 174 valence electrons. The highest BCUT2D eigenvalue weighted by Gasteiger charge is 2.55. The Morgan fingerprint density at radius 1 is 1.44 bits per heavy atom. The van der Waals surface area contributed by atoms with Gasteiger partial charge in [0.1, 0.15) is 6.54 Å². The first-order valence-electron chi connectivity index (χ1n) is 10.6. The number of nitrogens with zero attached hydrogens (tertiary/aromatic N) is 6. The van der Waals surface area contributed by atoms with Crippen LogP contribution in [-0.4, -0.2) is 91.7 Å². The number of carbonyl (C=O) groups is 3. The molecule has 4 N–H and O–H groups in total. The molecular weight excluding hydrogens is 434 g/mol. The number of hydrogen-bond acceptors (Lipinski definition) is 9. The largest absolute Gasteiger partial charge is 0.365 e. The van der Waals surface area contributed by atoms with E-state index in [1.165, 1.54) is 0 Å². The number of nitrogen functional groups attached to an aromatic ring is 1. The third kappa shape index (κ3) is 4.18. The van der Waals surface area contributed by atoms with Gasteiger partial charge in [-0.05, 0) is 18.6 Å². The molecule has 0 bridgehead atoms. The van der Waals surface area contributed by atoms with Gasteiger partial charge >= 0.3 is 0 Å². The lowest BCUT2D eigenvalue weighted by Gasteiger charge is -2.46. The molecule has 6 atom stereocenters. The summed E-state index contributed by atoms with van der Waals surface area (Å²) >= 11 is 1.75. The van der Waals surface area contributed by atoms with Crippen molar-refractivity contribution >= 4 is 35.4 Å². The number of nitrogens with two attached hydrogens (primary N) is 1. The number of anilines is 1. The predicted molar refractivity (Wildman–Crippen MR) is 118 cm³/mol. The van der Waals surface area contributed by atoms with Crippen molar-refractivity contribution in [3.8, 4) is 0 Å². The number of aromatic nitrogens is 4. The third-order valence-corrected chi connectivity index (χ3v) is 7.71. The summed E-state index contributed by atoms with van der Waals surface area (Å²) in [6.45, 7) is 4.61. The molecule has 3 aliphatic heterocycles. The first kappa shape index (κ1) is 22.5. The highest BCUT2D eigenvalue weighted by atomic mass is 32.2. The molecule has 32 heavy (non-hydrogen) atoms. The number of hydrogen-bond donors (Lipinski definition) is 3. The van der Waals surface area contributed by atoms with E-state index in [1.54, 1.807) is 35.7 Å². The van der Waals surface area contributed by atoms with Crippen molar-refractivity contribution in [1.29, 1.82) is 0 Å². The molecule has 13 heteroatoms. The molecule has 2 fully saturated rings. The summed E-state index contributed by atoms with van der Waals surface area (Å²) in [5, 5.41) is 17.5. The van der Waals surface area contributed by atoms with Crippen LogP contribution in [0.15, 0.2) is 11.1 Å². The van der Waals surface area contributed by atoms with E-state index in [0.29, 0.717) is 0 Å². The standard InChI is InChI=1S/C19H29N9O3S/c1-9-13(32-11-5-12(21-6-11)17(30)26(3)4)7-27-16(9)15(18(27)31)10(2)22-14(29)8-28-24-19(20)23-25-28/h7,9-12,15-16,21H,5-6,8H2,1-4H3,(H2,20,24)(H,22,29)/t9-,10+,11-,12-,15+,16+/m0/s1. The van der Waals surface area contributed by atoms with E-state index >= 15 is 0 Å². The van der Waals surface area contributed by atoms with Gasteiger partial charge in [0.2, 0.25) is 17.7 Å². The van der Waals surface area contributed by atoms with Crippen LogP contribution in [0.1, 0.15) is 20.3 Å². The number of rotatable bonds is 7. The molecule has 0 radical (unpaired) electrons. The van der Waals surface area contributed by atoms with Crippen molar-refractivity contribution in [3.63, 3.8) is 0 Å². The zero-order valence-corrected chi connectivity index (χ0v) is 19.4. The van der Waals surface area contributed by atoms with Gasteiger partial charge in [-0.15, -0.1) is 16.9 Å². The van der Waals surface area contributed by atoms with Crippen LogP contribution in [0.2, 0.25) is 0 Å². The van der Waals surface area contributed by atoms with Crippen LogP contribution in [0.5, 0.6) is 0 Å². The molecule has 0 spiro atoms. The molecule has 0 aliphatic carbocycles. The number of fused-ring (bicyclic) bond motifs is 1. The fraction of sp³-hybridized carbons (Fsp3) is 0.684. The summed E-state index contributed by atoms with van der Waals surface area (Å²) in [7, 11) is 3.53. The second-order valence-electron chi connectivity index (χ2n) is 8.79. The van der Waals surface area contributed by atoms with Crippen LogP contribution in [0, 0.1) is 11.8 Å². The average molecular weight is 464 g/mol. The Morgan fingerprint density at radius 2 is 2.19 bits per heavy atom. The number of amides is 3. The first-order chi connectivity index (χ1) is 15.2. The quantitative estimate of drug-likeness (QED) is 0.416. The zero-order valence-electron chi connectivity index (χ0n) is 18.6. The molecule has 3 amide bonds. The van der Waals surface area contributed by atoms with E-state index in [2.05, 4.69) is 33.0 Å². The second kappa shape index (κ2) is 8.70. The number of nitrogens with one attached hydrogen (secondary N) is 2. The van der Waals surface area contributed by atoms with Gasteiger partial charge in [-0.25, -0.2) is 0 Å². The van der Waals surface area contributed by atoms with E-state index in [-0.39, 0.29) is 65.4 Å². The zero-order chi connectivity index (χ0) is 23.2. The Hall–Kier alpha value is -2.67. The summed E-state index contributed by atoms with van der Waals surface area (Å²) in [6, 6.07) is -0.460. The summed E-state index contributed by atoms with van der Waals surface area (Å²) in [6.07, 6.45) is 2.71. The lowest BCUT2D eigenvalue weighted by Crippen LogP contribution is -2.64. The molecule has 12 nitrogen and oxygen atoms in total. The normalized spacial score (nSPS) is 29.9. The summed E-state index contributed by atoms with van der Waals surface area (Å²) in [5.74, 6) is -0.318. The second-order valence-corrected chi connectivity index (χ2v) is 10.2. The molecule has 4 rings (SSSR count). The topological polar surface area (TPSA) is 151 Å². The van der Waals surface area contributed by atoms with E-state index in [4.69, 9.17) is 5.73 Å². The molecule has 4 heterocycles. The van der Waals surface area contributed by atoms with Crippen LogP contribution in [-0.2, 0) is 20.9 Å².